The minimum atomic E-state index is 0.191. The van der Waals surface area contributed by atoms with E-state index in [0.29, 0.717) is 0 Å². The molecule has 4 heteroatoms. The standard InChI is InChI=1S/C17H28BrClN2/c1-2-3-4-5-6-7-8-9-10-17(21-20)15-12-11-14(19)13-16(15)18/h11-13,17,21H,2-10,20H2,1H3. The zero-order valence-corrected chi connectivity index (χ0v) is 15.3. The van der Waals surface area contributed by atoms with Crippen molar-refractivity contribution in [1.29, 1.82) is 0 Å². The molecule has 120 valence electrons. The third kappa shape index (κ3) is 7.64. The van der Waals surface area contributed by atoms with E-state index >= 15 is 0 Å². The fourth-order valence-electron chi connectivity index (χ4n) is 2.60. The van der Waals surface area contributed by atoms with Crippen LogP contribution in [0.15, 0.2) is 22.7 Å². The van der Waals surface area contributed by atoms with Crippen molar-refractivity contribution in [2.75, 3.05) is 0 Å². The molecule has 3 N–H and O–H groups in total. The van der Waals surface area contributed by atoms with Crippen LogP contribution in [-0.2, 0) is 0 Å². The Bertz CT molecular complexity index is 398. The van der Waals surface area contributed by atoms with Gasteiger partial charge in [0.2, 0.25) is 0 Å². The molecule has 0 spiro atoms. The van der Waals surface area contributed by atoms with E-state index in [-0.39, 0.29) is 6.04 Å². The summed E-state index contributed by atoms with van der Waals surface area (Å²) < 4.78 is 1.03. The second-order valence-corrected chi connectivity index (χ2v) is 6.94. The van der Waals surface area contributed by atoms with E-state index < -0.39 is 0 Å². The van der Waals surface area contributed by atoms with Crippen LogP contribution in [0, 0.1) is 0 Å². The lowest BCUT2D eigenvalue weighted by atomic mass is 10.00. The van der Waals surface area contributed by atoms with E-state index in [1.165, 1.54) is 56.9 Å². The number of nitrogens with one attached hydrogen (secondary N) is 1. The van der Waals surface area contributed by atoms with Gasteiger partial charge in [0.25, 0.3) is 0 Å². The molecular weight excluding hydrogens is 348 g/mol. The number of benzene rings is 1. The monoisotopic (exact) mass is 374 g/mol. The minimum Gasteiger partial charge on any atom is -0.271 e. The molecule has 1 atom stereocenters. The van der Waals surface area contributed by atoms with Gasteiger partial charge in [-0.05, 0) is 24.1 Å². The van der Waals surface area contributed by atoms with Gasteiger partial charge in [0, 0.05) is 15.5 Å². The summed E-state index contributed by atoms with van der Waals surface area (Å²) in [6.07, 6.45) is 11.7. The van der Waals surface area contributed by atoms with Crippen LogP contribution in [0.2, 0.25) is 5.02 Å². The molecule has 1 aromatic carbocycles. The Morgan fingerprint density at radius 1 is 1.10 bits per heavy atom. The van der Waals surface area contributed by atoms with Crippen molar-refractivity contribution in [3.63, 3.8) is 0 Å². The Labute approximate surface area is 142 Å². The number of hydrazine groups is 1. The van der Waals surface area contributed by atoms with Gasteiger partial charge < -0.3 is 0 Å². The highest BCUT2D eigenvalue weighted by atomic mass is 79.9. The topological polar surface area (TPSA) is 38.0 Å². The van der Waals surface area contributed by atoms with Gasteiger partial charge in [-0.1, -0.05) is 91.9 Å². The summed E-state index contributed by atoms with van der Waals surface area (Å²) in [6.45, 7) is 2.26. The van der Waals surface area contributed by atoms with Crippen LogP contribution in [0.5, 0.6) is 0 Å². The maximum atomic E-state index is 5.98. The molecule has 1 rings (SSSR count). The average molecular weight is 376 g/mol. The Hall–Kier alpha value is -0.0900. The second-order valence-electron chi connectivity index (χ2n) is 5.65. The first-order chi connectivity index (χ1) is 10.2. The minimum absolute atomic E-state index is 0.191. The average Bonchev–Trinajstić information content (AvgIpc) is 2.47. The van der Waals surface area contributed by atoms with Crippen molar-refractivity contribution in [2.45, 2.75) is 70.8 Å². The summed E-state index contributed by atoms with van der Waals surface area (Å²) in [7, 11) is 0. The number of hydrogen-bond acceptors (Lipinski definition) is 2. The van der Waals surface area contributed by atoms with Gasteiger partial charge in [0.1, 0.15) is 0 Å². The predicted molar refractivity (Wildman–Crippen MR) is 96.4 cm³/mol. The summed E-state index contributed by atoms with van der Waals surface area (Å²) in [4.78, 5) is 0. The highest BCUT2D eigenvalue weighted by Gasteiger charge is 2.12. The molecular formula is C17H28BrClN2. The van der Waals surface area contributed by atoms with Crippen LogP contribution in [0.1, 0.15) is 76.3 Å². The van der Waals surface area contributed by atoms with E-state index in [1.807, 2.05) is 18.2 Å². The fraction of sp³-hybridized carbons (Fsp3) is 0.647. The lowest BCUT2D eigenvalue weighted by Crippen LogP contribution is -2.28. The second kappa shape index (κ2) is 11.5. The summed E-state index contributed by atoms with van der Waals surface area (Å²) in [6, 6.07) is 6.08. The van der Waals surface area contributed by atoms with E-state index in [4.69, 9.17) is 17.4 Å². The molecule has 1 unspecified atom stereocenters. The van der Waals surface area contributed by atoms with Crippen molar-refractivity contribution in [2.24, 2.45) is 5.84 Å². The largest absolute Gasteiger partial charge is 0.271 e. The molecule has 0 amide bonds. The van der Waals surface area contributed by atoms with E-state index in [1.54, 1.807) is 0 Å². The zero-order chi connectivity index (χ0) is 15.5. The maximum absolute atomic E-state index is 5.98. The van der Waals surface area contributed by atoms with Crippen molar-refractivity contribution >= 4 is 27.5 Å². The number of unbranched alkanes of at least 4 members (excludes halogenated alkanes) is 7. The van der Waals surface area contributed by atoms with Crippen LogP contribution in [0.3, 0.4) is 0 Å². The Balaban J connectivity index is 2.25. The summed E-state index contributed by atoms with van der Waals surface area (Å²) in [5.74, 6) is 5.70. The van der Waals surface area contributed by atoms with Gasteiger partial charge in [-0.25, -0.2) is 0 Å². The predicted octanol–water partition coefficient (Wildman–Crippen LogP) is 6.14. The molecule has 1 aromatic rings. The van der Waals surface area contributed by atoms with E-state index in [0.717, 1.165) is 15.9 Å². The highest BCUT2D eigenvalue weighted by Crippen LogP contribution is 2.29. The van der Waals surface area contributed by atoms with Crippen LogP contribution >= 0.6 is 27.5 Å². The Kier molecular flexibility index (Phi) is 10.4. The van der Waals surface area contributed by atoms with Crippen molar-refractivity contribution in [1.82, 2.24) is 5.43 Å². The van der Waals surface area contributed by atoms with Gasteiger partial charge in [-0.2, -0.15) is 0 Å². The quantitative estimate of drug-likeness (QED) is 0.277. The Morgan fingerprint density at radius 3 is 2.29 bits per heavy atom. The molecule has 0 aliphatic carbocycles. The molecule has 0 aliphatic rings. The molecule has 0 saturated carbocycles. The normalized spacial score (nSPS) is 12.6. The Morgan fingerprint density at radius 2 is 1.71 bits per heavy atom. The first-order valence-corrected chi connectivity index (χ1v) is 9.27. The molecule has 2 nitrogen and oxygen atoms in total. The molecule has 0 fully saturated rings. The summed E-state index contributed by atoms with van der Waals surface area (Å²) >= 11 is 9.55. The third-order valence-electron chi connectivity index (χ3n) is 3.89. The number of rotatable bonds is 11. The van der Waals surface area contributed by atoms with Crippen LogP contribution in [-0.4, -0.2) is 0 Å². The molecule has 0 saturated heterocycles. The van der Waals surface area contributed by atoms with Gasteiger partial charge in [-0.3, -0.25) is 11.3 Å². The zero-order valence-electron chi connectivity index (χ0n) is 13.0. The van der Waals surface area contributed by atoms with Crippen LogP contribution < -0.4 is 11.3 Å². The molecule has 0 radical (unpaired) electrons. The van der Waals surface area contributed by atoms with Crippen molar-refractivity contribution in [3.05, 3.63) is 33.3 Å². The first-order valence-electron chi connectivity index (χ1n) is 8.10. The van der Waals surface area contributed by atoms with Gasteiger partial charge in [0.15, 0.2) is 0 Å². The SMILES string of the molecule is CCCCCCCCCCC(NN)c1ccc(Cl)cc1Br. The fourth-order valence-corrected chi connectivity index (χ4v) is 3.55. The van der Waals surface area contributed by atoms with Gasteiger partial charge in [0.05, 0.1) is 0 Å². The highest BCUT2D eigenvalue weighted by molar-refractivity contribution is 9.10. The number of nitrogens with two attached hydrogens (primary N) is 1. The van der Waals surface area contributed by atoms with E-state index in [2.05, 4.69) is 28.3 Å². The van der Waals surface area contributed by atoms with Crippen molar-refractivity contribution < 1.29 is 0 Å². The molecule has 0 aliphatic heterocycles. The molecule has 0 bridgehead atoms. The summed E-state index contributed by atoms with van der Waals surface area (Å²) in [5, 5.41) is 0.744. The van der Waals surface area contributed by atoms with Crippen molar-refractivity contribution in [3.8, 4) is 0 Å². The molecule has 0 heterocycles. The van der Waals surface area contributed by atoms with Gasteiger partial charge >= 0.3 is 0 Å². The van der Waals surface area contributed by atoms with E-state index in [9.17, 15) is 0 Å². The number of hydrogen-bond donors (Lipinski definition) is 2. The smallest absolute Gasteiger partial charge is 0.0471 e. The summed E-state index contributed by atoms with van der Waals surface area (Å²) in [5.41, 5.74) is 4.11. The molecule has 0 aromatic heterocycles. The first kappa shape index (κ1) is 19.0. The maximum Gasteiger partial charge on any atom is 0.0471 e. The molecule has 21 heavy (non-hydrogen) atoms. The lowest BCUT2D eigenvalue weighted by molar-refractivity contribution is 0.474. The van der Waals surface area contributed by atoms with Gasteiger partial charge in [-0.15, -0.1) is 0 Å². The third-order valence-corrected chi connectivity index (χ3v) is 4.81. The lowest BCUT2D eigenvalue weighted by Gasteiger charge is -2.18. The number of halogens is 2. The van der Waals surface area contributed by atoms with Crippen LogP contribution in [0.25, 0.3) is 0 Å². The van der Waals surface area contributed by atoms with Crippen LogP contribution in [0.4, 0.5) is 0 Å².